The number of rotatable bonds is 5. The lowest BCUT2D eigenvalue weighted by molar-refractivity contribution is 0.581. The van der Waals surface area contributed by atoms with Crippen LogP contribution in [0.4, 0.5) is 0 Å². The summed E-state index contributed by atoms with van der Waals surface area (Å²) in [6, 6.07) is 14.7. The maximum Gasteiger partial charge on any atom is 0.240 e. The molecule has 0 aliphatic rings. The number of nitrogens with one attached hydrogen (secondary N) is 2. The standard InChI is InChI=1S/C16H15BrN2O2S/c17-14-3-5-15(6-4-14)22(20,21)19-10-7-12-1-2-13-8-9-18-16(13)11-12/h1-6,8-9,11,18-19H,7,10H2. The Bertz CT molecular complexity index is 886. The van der Waals surface area contributed by atoms with Crippen LogP contribution in [0, 0.1) is 0 Å². The molecule has 0 bridgehead atoms. The average molecular weight is 379 g/mol. The van der Waals surface area contributed by atoms with Gasteiger partial charge >= 0.3 is 0 Å². The Balaban J connectivity index is 1.65. The van der Waals surface area contributed by atoms with Crippen LogP contribution >= 0.6 is 15.9 Å². The van der Waals surface area contributed by atoms with E-state index >= 15 is 0 Å². The highest BCUT2D eigenvalue weighted by Gasteiger charge is 2.12. The minimum absolute atomic E-state index is 0.274. The Kier molecular flexibility index (Phi) is 4.33. The number of sulfonamides is 1. The molecule has 2 aromatic carbocycles. The minimum atomic E-state index is -3.46. The zero-order valence-corrected chi connectivity index (χ0v) is 14.1. The molecule has 2 N–H and O–H groups in total. The molecular weight excluding hydrogens is 364 g/mol. The fraction of sp³-hybridized carbons (Fsp3) is 0.125. The molecule has 0 atom stereocenters. The second-order valence-electron chi connectivity index (χ2n) is 5.00. The van der Waals surface area contributed by atoms with Crippen LogP contribution in [0.2, 0.25) is 0 Å². The van der Waals surface area contributed by atoms with E-state index in [1.807, 2.05) is 30.5 Å². The molecule has 22 heavy (non-hydrogen) atoms. The molecule has 0 aliphatic carbocycles. The lowest BCUT2D eigenvalue weighted by Crippen LogP contribution is -2.25. The van der Waals surface area contributed by atoms with Gasteiger partial charge in [0.1, 0.15) is 0 Å². The van der Waals surface area contributed by atoms with Crippen molar-refractivity contribution in [2.45, 2.75) is 11.3 Å². The third-order valence-electron chi connectivity index (χ3n) is 3.45. The Morgan fingerprint density at radius 1 is 1.05 bits per heavy atom. The molecular formula is C16H15BrN2O2S. The van der Waals surface area contributed by atoms with E-state index in [1.165, 1.54) is 0 Å². The molecule has 0 amide bonds. The van der Waals surface area contributed by atoms with Crippen molar-refractivity contribution in [3.63, 3.8) is 0 Å². The highest BCUT2D eigenvalue weighted by atomic mass is 79.9. The van der Waals surface area contributed by atoms with Crippen LogP contribution in [-0.2, 0) is 16.4 Å². The second kappa shape index (κ2) is 6.24. The number of H-pyrrole nitrogens is 1. The van der Waals surface area contributed by atoms with Gasteiger partial charge in [-0.1, -0.05) is 28.1 Å². The molecule has 6 heteroatoms. The van der Waals surface area contributed by atoms with Crippen molar-refractivity contribution in [3.8, 4) is 0 Å². The quantitative estimate of drug-likeness (QED) is 0.713. The molecule has 0 spiro atoms. The average Bonchev–Trinajstić information content (AvgIpc) is 2.95. The summed E-state index contributed by atoms with van der Waals surface area (Å²) in [7, 11) is -3.46. The van der Waals surface area contributed by atoms with Crippen LogP contribution in [0.25, 0.3) is 10.9 Å². The number of fused-ring (bicyclic) bond motifs is 1. The number of hydrogen-bond acceptors (Lipinski definition) is 2. The van der Waals surface area contributed by atoms with Crippen molar-refractivity contribution < 1.29 is 8.42 Å². The van der Waals surface area contributed by atoms with Gasteiger partial charge in [-0.2, -0.15) is 0 Å². The number of hydrogen-bond donors (Lipinski definition) is 2. The van der Waals surface area contributed by atoms with E-state index in [1.54, 1.807) is 24.3 Å². The van der Waals surface area contributed by atoms with Crippen LogP contribution in [0.3, 0.4) is 0 Å². The Labute approximate surface area is 137 Å². The summed E-state index contributed by atoms with van der Waals surface area (Å²) < 4.78 is 27.8. The van der Waals surface area contributed by atoms with E-state index < -0.39 is 10.0 Å². The number of halogens is 1. The summed E-state index contributed by atoms with van der Waals surface area (Å²) in [4.78, 5) is 3.43. The van der Waals surface area contributed by atoms with Crippen LogP contribution < -0.4 is 4.72 Å². The van der Waals surface area contributed by atoms with Crippen molar-refractivity contribution in [3.05, 3.63) is 64.8 Å². The van der Waals surface area contributed by atoms with Crippen molar-refractivity contribution in [1.29, 1.82) is 0 Å². The zero-order valence-electron chi connectivity index (χ0n) is 11.7. The van der Waals surface area contributed by atoms with Crippen molar-refractivity contribution >= 4 is 36.9 Å². The molecule has 0 fully saturated rings. The summed E-state index contributed by atoms with van der Waals surface area (Å²) in [5, 5.41) is 1.15. The van der Waals surface area contributed by atoms with Gasteiger partial charge in [-0.3, -0.25) is 0 Å². The fourth-order valence-corrected chi connectivity index (χ4v) is 3.57. The first-order chi connectivity index (χ1) is 10.5. The van der Waals surface area contributed by atoms with Crippen molar-refractivity contribution in [1.82, 2.24) is 9.71 Å². The van der Waals surface area contributed by atoms with Gasteiger partial charge < -0.3 is 4.98 Å². The summed E-state index contributed by atoms with van der Waals surface area (Å²) in [5.41, 5.74) is 2.15. The van der Waals surface area contributed by atoms with Gasteiger partial charge in [0, 0.05) is 22.7 Å². The third-order valence-corrected chi connectivity index (χ3v) is 5.45. The van der Waals surface area contributed by atoms with Crippen molar-refractivity contribution in [2.75, 3.05) is 6.54 Å². The second-order valence-corrected chi connectivity index (χ2v) is 7.68. The Morgan fingerprint density at radius 2 is 1.82 bits per heavy atom. The van der Waals surface area contributed by atoms with Gasteiger partial charge in [-0.25, -0.2) is 13.1 Å². The number of aromatic amines is 1. The molecule has 0 aliphatic heterocycles. The normalized spacial score (nSPS) is 11.9. The van der Waals surface area contributed by atoms with Gasteiger partial charge in [0.05, 0.1) is 4.90 Å². The molecule has 0 saturated carbocycles. The fourth-order valence-electron chi connectivity index (χ4n) is 2.28. The van der Waals surface area contributed by atoms with Gasteiger partial charge in [-0.05, 0) is 53.8 Å². The van der Waals surface area contributed by atoms with Gasteiger partial charge in [0.25, 0.3) is 0 Å². The molecule has 1 heterocycles. The Morgan fingerprint density at radius 3 is 2.59 bits per heavy atom. The lowest BCUT2D eigenvalue weighted by atomic mass is 10.1. The first kappa shape index (κ1) is 15.3. The molecule has 0 unspecified atom stereocenters. The number of aromatic nitrogens is 1. The Hall–Kier alpha value is -1.63. The maximum atomic E-state index is 12.2. The molecule has 3 rings (SSSR count). The maximum absolute atomic E-state index is 12.2. The predicted octanol–water partition coefficient (Wildman–Crippen LogP) is 3.45. The largest absolute Gasteiger partial charge is 0.361 e. The van der Waals surface area contributed by atoms with Crippen LogP contribution in [0.5, 0.6) is 0 Å². The molecule has 0 radical (unpaired) electrons. The summed E-state index contributed by atoms with van der Waals surface area (Å²) in [6.45, 7) is 0.366. The summed E-state index contributed by atoms with van der Waals surface area (Å²) >= 11 is 3.29. The first-order valence-corrected chi connectivity index (χ1v) is 9.13. The smallest absolute Gasteiger partial charge is 0.240 e. The van der Waals surface area contributed by atoms with Gasteiger partial charge in [0.2, 0.25) is 10.0 Å². The highest BCUT2D eigenvalue weighted by molar-refractivity contribution is 9.10. The van der Waals surface area contributed by atoms with E-state index in [9.17, 15) is 8.42 Å². The van der Waals surface area contributed by atoms with Crippen LogP contribution in [0.1, 0.15) is 5.56 Å². The van der Waals surface area contributed by atoms with E-state index in [4.69, 9.17) is 0 Å². The monoisotopic (exact) mass is 378 g/mol. The van der Waals surface area contributed by atoms with E-state index in [-0.39, 0.29) is 4.90 Å². The van der Waals surface area contributed by atoms with E-state index in [0.717, 1.165) is 20.9 Å². The highest BCUT2D eigenvalue weighted by Crippen LogP contribution is 2.16. The van der Waals surface area contributed by atoms with Crippen LogP contribution in [0.15, 0.2) is 64.1 Å². The van der Waals surface area contributed by atoms with E-state index in [2.05, 4.69) is 25.6 Å². The summed E-state index contributed by atoms with van der Waals surface area (Å²) in [5.74, 6) is 0. The predicted molar refractivity (Wildman–Crippen MR) is 91.3 cm³/mol. The zero-order chi connectivity index (χ0) is 15.6. The first-order valence-electron chi connectivity index (χ1n) is 6.86. The molecule has 114 valence electrons. The van der Waals surface area contributed by atoms with Gasteiger partial charge in [-0.15, -0.1) is 0 Å². The molecule has 0 saturated heterocycles. The molecule has 4 nitrogen and oxygen atoms in total. The SMILES string of the molecule is O=S(=O)(NCCc1ccc2cc[nH]c2c1)c1ccc(Br)cc1. The van der Waals surface area contributed by atoms with E-state index in [0.29, 0.717) is 13.0 Å². The third kappa shape index (κ3) is 3.40. The molecule has 3 aromatic rings. The minimum Gasteiger partial charge on any atom is -0.361 e. The lowest BCUT2D eigenvalue weighted by Gasteiger charge is -2.07. The topological polar surface area (TPSA) is 62.0 Å². The van der Waals surface area contributed by atoms with Crippen LogP contribution in [-0.4, -0.2) is 19.9 Å². The van der Waals surface area contributed by atoms with Crippen molar-refractivity contribution in [2.24, 2.45) is 0 Å². The summed E-state index contributed by atoms with van der Waals surface area (Å²) in [6.07, 6.45) is 2.54. The van der Waals surface area contributed by atoms with Gasteiger partial charge in [0.15, 0.2) is 0 Å². The molecule has 1 aromatic heterocycles. The number of benzene rings is 2.